The van der Waals surface area contributed by atoms with Gasteiger partial charge in [-0.15, -0.1) is 0 Å². The number of hydrogen-bond donors (Lipinski definition) is 0. The van der Waals surface area contributed by atoms with Crippen molar-refractivity contribution in [1.82, 2.24) is 19.7 Å². The number of hydrogen-bond acceptors (Lipinski definition) is 3. The highest BCUT2D eigenvalue weighted by Crippen LogP contribution is 2.24. The van der Waals surface area contributed by atoms with E-state index in [1.165, 1.54) is 6.42 Å². The van der Waals surface area contributed by atoms with Gasteiger partial charge in [0.25, 0.3) is 5.91 Å². The van der Waals surface area contributed by atoms with E-state index in [-0.39, 0.29) is 11.9 Å². The number of nitrogens with zero attached hydrogens (tertiary/aromatic N) is 4. The number of carbonyl (C=O) groups is 1. The second-order valence-electron chi connectivity index (χ2n) is 6.73. The monoisotopic (exact) mass is 300 g/mol. The van der Waals surface area contributed by atoms with E-state index in [9.17, 15) is 4.79 Å². The lowest BCUT2D eigenvalue weighted by molar-refractivity contribution is 0.0685. The molecule has 1 aliphatic rings. The Morgan fingerprint density at radius 3 is 2.86 bits per heavy atom. The van der Waals surface area contributed by atoms with E-state index >= 15 is 0 Å². The summed E-state index contributed by atoms with van der Waals surface area (Å²) in [4.78, 5) is 19.5. The molecule has 0 aromatic carbocycles. The Bertz CT molecular complexity index is 704. The second kappa shape index (κ2) is 5.71. The molecule has 1 amide bonds. The number of carbonyl (C=O) groups excluding carboxylic acids is 1. The number of likely N-dealkylation sites (tertiary alicyclic amines) is 1. The van der Waals surface area contributed by atoms with Gasteiger partial charge in [0, 0.05) is 24.8 Å². The zero-order valence-electron chi connectivity index (χ0n) is 13.8. The van der Waals surface area contributed by atoms with Crippen LogP contribution in [0.1, 0.15) is 55.7 Å². The molecule has 1 aliphatic heterocycles. The molecule has 0 saturated carbocycles. The molecule has 1 saturated heterocycles. The van der Waals surface area contributed by atoms with Crippen LogP contribution in [0.2, 0.25) is 0 Å². The molecule has 118 valence electrons. The number of fused-ring (bicyclic) bond motifs is 1. The summed E-state index contributed by atoms with van der Waals surface area (Å²) in [5.41, 5.74) is 2.41. The van der Waals surface area contributed by atoms with Gasteiger partial charge in [-0.25, -0.2) is 9.67 Å². The predicted octanol–water partition coefficient (Wildman–Crippen LogP) is 3.19. The van der Waals surface area contributed by atoms with Crippen molar-refractivity contribution in [2.24, 2.45) is 5.92 Å². The van der Waals surface area contributed by atoms with Gasteiger partial charge in [0.15, 0.2) is 5.65 Å². The van der Waals surface area contributed by atoms with Crippen LogP contribution in [-0.4, -0.2) is 38.7 Å². The standard InChI is InChI=1S/C17H24N4O/c1-11(2)21-16-15(9-18-21)14(8-13(4)19-16)17(22)20-7-5-6-12(3)10-20/h8-9,11-12H,5-7,10H2,1-4H3/t12-/m0/s1. The van der Waals surface area contributed by atoms with Gasteiger partial charge in [0.05, 0.1) is 17.1 Å². The molecule has 0 spiro atoms. The van der Waals surface area contributed by atoms with Crippen molar-refractivity contribution in [3.63, 3.8) is 0 Å². The fourth-order valence-corrected chi connectivity index (χ4v) is 3.24. The quantitative estimate of drug-likeness (QED) is 0.856. The van der Waals surface area contributed by atoms with E-state index in [1.54, 1.807) is 6.20 Å². The van der Waals surface area contributed by atoms with Crippen molar-refractivity contribution in [1.29, 1.82) is 0 Å². The van der Waals surface area contributed by atoms with Gasteiger partial charge >= 0.3 is 0 Å². The average Bonchev–Trinajstić information content (AvgIpc) is 2.89. The molecule has 0 bridgehead atoms. The first-order valence-corrected chi connectivity index (χ1v) is 8.11. The summed E-state index contributed by atoms with van der Waals surface area (Å²) < 4.78 is 1.89. The van der Waals surface area contributed by atoms with Crippen LogP contribution in [0.4, 0.5) is 0 Å². The van der Waals surface area contributed by atoms with E-state index in [0.717, 1.165) is 41.8 Å². The summed E-state index contributed by atoms with van der Waals surface area (Å²) in [6, 6.07) is 2.13. The second-order valence-corrected chi connectivity index (χ2v) is 6.73. The van der Waals surface area contributed by atoms with E-state index in [4.69, 9.17) is 0 Å². The average molecular weight is 300 g/mol. The molecule has 0 unspecified atom stereocenters. The highest BCUT2D eigenvalue weighted by atomic mass is 16.2. The molecule has 2 aromatic rings. The van der Waals surface area contributed by atoms with Crippen molar-refractivity contribution in [3.05, 3.63) is 23.5 Å². The maximum atomic E-state index is 13.0. The van der Waals surface area contributed by atoms with Crippen LogP contribution >= 0.6 is 0 Å². The normalized spacial score (nSPS) is 19.1. The predicted molar refractivity (Wildman–Crippen MR) is 87.0 cm³/mol. The highest BCUT2D eigenvalue weighted by Gasteiger charge is 2.25. The third-order valence-corrected chi connectivity index (χ3v) is 4.36. The van der Waals surface area contributed by atoms with Gasteiger partial charge in [-0.2, -0.15) is 5.10 Å². The SMILES string of the molecule is Cc1cc(C(=O)N2CCC[C@H](C)C2)c2cnn(C(C)C)c2n1. The molecule has 1 atom stereocenters. The molecular weight excluding hydrogens is 276 g/mol. The van der Waals surface area contributed by atoms with E-state index in [1.807, 2.05) is 22.6 Å². The Morgan fingerprint density at radius 1 is 1.41 bits per heavy atom. The van der Waals surface area contributed by atoms with Gasteiger partial charge in [0.1, 0.15) is 0 Å². The van der Waals surface area contributed by atoms with Gasteiger partial charge in [-0.05, 0) is 45.6 Å². The minimum Gasteiger partial charge on any atom is -0.338 e. The number of piperidine rings is 1. The van der Waals surface area contributed by atoms with Crippen LogP contribution in [0.25, 0.3) is 11.0 Å². The van der Waals surface area contributed by atoms with Crippen LogP contribution in [0.5, 0.6) is 0 Å². The smallest absolute Gasteiger partial charge is 0.254 e. The van der Waals surface area contributed by atoms with Crippen LogP contribution in [0, 0.1) is 12.8 Å². The van der Waals surface area contributed by atoms with Gasteiger partial charge in [-0.1, -0.05) is 6.92 Å². The van der Waals surface area contributed by atoms with Gasteiger partial charge in [0.2, 0.25) is 0 Å². The first kappa shape index (κ1) is 15.0. The molecule has 2 aromatic heterocycles. The number of rotatable bonds is 2. The Balaban J connectivity index is 2.04. The molecule has 0 N–H and O–H groups in total. The van der Waals surface area contributed by atoms with Crippen molar-refractivity contribution in [2.75, 3.05) is 13.1 Å². The lowest BCUT2D eigenvalue weighted by Gasteiger charge is -2.31. The van der Waals surface area contributed by atoms with Gasteiger partial charge in [-0.3, -0.25) is 4.79 Å². The number of amides is 1. The third-order valence-electron chi connectivity index (χ3n) is 4.36. The Kier molecular flexibility index (Phi) is 3.89. The number of aromatic nitrogens is 3. The minimum atomic E-state index is 0.116. The minimum absolute atomic E-state index is 0.116. The number of pyridine rings is 1. The summed E-state index contributed by atoms with van der Waals surface area (Å²) in [5, 5.41) is 5.29. The Morgan fingerprint density at radius 2 is 2.18 bits per heavy atom. The maximum absolute atomic E-state index is 13.0. The molecule has 0 aliphatic carbocycles. The van der Waals surface area contributed by atoms with Crippen molar-refractivity contribution in [3.8, 4) is 0 Å². The summed E-state index contributed by atoms with van der Waals surface area (Å²) in [7, 11) is 0. The molecular formula is C17H24N4O. The van der Waals surface area contributed by atoms with E-state index in [0.29, 0.717) is 5.92 Å². The molecule has 5 heteroatoms. The molecule has 0 radical (unpaired) electrons. The molecule has 1 fully saturated rings. The van der Waals surface area contributed by atoms with Crippen LogP contribution in [0.3, 0.4) is 0 Å². The van der Waals surface area contributed by atoms with Gasteiger partial charge < -0.3 is 4.90 Å². The van der Waals surface area contributed by atoms with Crippen molar-refractivity contribution >= 4 is 16.9 Å². The summed E-state index contributed by atoms with van der Waals surface area (Å²) in [5.74, 6) is 0.694. The van der Waals surface area contributed by atoms with Crippen molar-refractivity contribution < 1.29 is 4.79 Å². The highest BCUT2D eigenvalue weighted by molar-refractivity contribution is 6.05. The summed E-state index contributed by atoms with van der Waals surface area (Å²) >= 11 is 0. The van der Waals surface area contributed by atoms with Crippen molar-refractivity contribution in [2.45, 2.75) is 46.6 Å². The lowest BCUT2D eigenvalue weighted by atomic mass is 9.99. The largest absolute Gasteiger partial charge is 0.338 e. The molecule has 5 nitrogen and oxygen atoms in total. The zero-order chi connectivity index (χ0) is 15.9. The fourth-order valence-electron chi connectivity index (χ4n) is 3.24. The van der Waals surface area contributed by atoms with E-state index < -0.39 is 0 Å². The fraction of sp³-hybridized carbons (Fsp3) is 0.588. The van der Waals surface area contributed by atoms with Crippen LogP contribution in [0.15, 0.2) is 12.3 Å². The summed E-state index contributed by atoms with van der Waals surface area (Å²) in [6.07, 6.45) is 4.08. The molecule has 3 heterocycles. The molecule has 3 rings (SSSR count). The Hall–Kier alpha value is -1.91. The zero-order valence-corrected chi connectivity index (χ0v) is 13.8. The first-order chi connectivity index (χ1) is 10.5. The van der Waals surface area contributed by atoms with E-state index in [2.05, 4.69) is 30.9 Å². The van der Waals surface area contributed by atoms with Crippen LogP contribution in [-0.2, 0) is 0 Å². The Labute approximate surface area is 131 Å². The number of aryl methyl sites for hydroxylation is 1. The lowest BCUT2D eigenvalue weighted by Crippen LogP contribution is -2.39. The third kappa shape index (κ3) is 2.60. The first-order valence-electron chi connectivity index (χ1n) is 8.11. The topological polar surface area (TPSA) is 51.0 Å². The maximum Gasteiger partial charge on any atom is 0.254 e. The molecule has 22 heavy (non-hydrogen) atoms. The van der Waals surface area contributed by atoms with Crippen LogP contribution < -0.4 is 0 Å². The summed E-state index contributed by atoms with van der Waals surface area (Å²) in [6.45, 7) is 10.00.